The standard InChI is InChI=1S/C16H14N2O2/c1-12-5-7-15(8-6-12)16(20)18-17-10-13-3-2-4-14(9-13)11-19/h2-11H,1H3,(H,18,20)/b17-10+. The topological polar surface area (TPSA) is 58.5 Å². The summed E-state index contributed by atoms with van der Waals surface area (Å²) in [4.78, 5) is 22.4. The van der Waals surface area contributed by atoms with Crippen LogP contribution >= 0.6 is 0 Å². The average molecular weight is 266 g/mol. The van der Waals surface area contributed by atoms with Crippen molar-refractivity contribution in [3.63, 3.8) is 0 Å². The Labute approximate surface area is 117 Å². The number of hydrazone groups is 1. The summed E-state index contributed by atoms with van der Waals surface area (Å²) in [5.41, 5.74) is 5.41. The number of aryl methyl sites for hydroxylation is 1. The first kappa shape index (κ1) is 13.7. The zero-order valence-corrected chi connectivity index (χ0v) is 11.0. The van der Waals surface area contributed by atoms with Crippen LogP contribution in [0.4, 0.5) is 0 Å². The van der Waals surface area contributed by atoms with Crippen LogP contribution in [0.5, 0.6) is 0 Å². The molecule has 1 N–H and O–H groups in total. The number of nitrogens with zero attached hydrogens (tertiary/aromatic N) is 1. The van der Waals surface area contributed by atoms with Crippen molar-refractivity contribution in [3.8, 4) is 0 Å². The van der Waals surface area contributed by atoms with E-state index >= 15 is 0 Å². The van der Waals surface area contributed by atoms with E-state index in [0.29, 0.717) is 11.1 Å². The molecule has 0 saturated carbocycles. The number of carbonyl (C=O) groups is 2. The Bertz CT molecular complexity index is 646. The highest BCUT2D eigenvalue weighted by Gasteiger charge is 2.02. The van der Waals surface area contributed by atoms with Crippen LogP contribution in [0.2, 0.25) is 0 Å². The molecule has 0 spiro atoms. The average Bonchev–Trinajstić information content (AvgIpc) is 2.48. The van der Waals surface area contributed by atoms with Crippen molar-refractivity contribution in [2.45, 2.75) is 6.92 Å². The fraction of sp³-hybridized carbons (Fsp3) is 0.0625. The molecule has 20 heavy (non-hydrogen) atoms. The highest BCUT2D eigenvalue weighted by atomic mass is 16.2. The van der Waals surface area contributed by atoms with E-state index in [1.165, 1.54) is 6.21 Å². The van der Waals surface area contributed by atoms with Crippen molar-refractivity contribution in [3.05, 3.63) is 70.8 Å². The lowest BCUT2D eigenvalue weighted by Crippen LogP contribution is -2.17. The van der Waals surface area contributed by atoms with Gasteiger partial charge in [0.25, 0.3) is 5.91 Å². The van der Waals surface area contributed by atoms with Crippen molar-refractivity contribution in [2.24, 2.45) is 5.10 Å². The smallest absolute Gasteiger partial charge is 0.271 e. The Kier molecular flexibility index (Phi) is 4.39. The van der Waals surface area contributed by atoms with Crippen LogP contribution < -0.4 is 5.43 Å². The van der Waals surface area contributed by atoms with Crippen LogP contribution in [0.25, 0.3) is 0 Å². The minimum Gasteiger partial charge on any atom is -0.298 e. The first-order valence-corrected chi connectivity index (χ1v) is 6.14. The number of hydrogen-bond donors (Lipinski definition) is 1. The van der Waals surface area contributed by atoms with Crippen LogP contribution in [-0.4, -0.2) is 18.4 Å². The molecule has 4 nitrogen and oxygen atoms in total. The van der Waals surface area contributed by atoms with Gasteiger partial charge in [0.1, 0.15) is 6.29 Å². The summed E-state index contributed by atoms with van der Waals surface area (Å²) in [6, 6.07) is 14.2. The van der Waals surface area contributed by atoms with E-state index < -0.39 is 0 Å². The van der Waals surface area contributed by atoms with Gasteiger partial charge in [-0.2, -0.15) is 5.10 Å². The first-order chi connectivity index (χ1) is 9.69. The molecule has 0 saturated heterocycles. The number of nitrogens with one attached hydrogen (secondary N) is 1. The third-order valence-electron chi connectivity index (χ3n) is 2.74. The third kappa shape index (κ3) is 3.62. The normalized spacial score (nSPS) is 10.4. The number of benzene rings is 2. The zero-order valence-electron chi connectivity index (χ0n) is 11.0. The largest absolute Gasteiger partial charge is 0.298 e. The van der Waals surface area contributed by atoms with E-state index in [0.717, 1.165) is 17.4 Å². The predicted octanol–water partition coefficient (Wildman–Crippen LogP) is 2.57. The van der Waals surface area contributed by atoms with E-state index in [-0.39, 0.29) is 5.91 Å². The first-order valence-electron chi connectivity index (χ1n) is 6.14. The van der Waals surface area contributed by atoms with E-state index in [1.54, 1.807) is 36.4 Å². The minimum atomic E-state index is -0.271. The Hall–Kier alpha value is -2.75. The van der Waals surface area contributed by atoms with E-state index in [4.69, 9.17) is 0 Å². The van der Waals surface area contributed by atoms with Gasteiger partial charge in [-0.15, -0.1) is 0 Å². The number of rotatable bonds is 4. The third-order valence-corrected chi connectivity index (χ3v) is 2.74. The molecular weight excluding hydrogens is 252 g/mol. The minimum absolute atomic E-state index is 0.271. The molecule has 0 fully saturated rings. The maximum Gasteiger partial charge on any atom is 0.271 e. The van der Waals surface area contributed by atoms with Crippen LogP contribution in [0, 0.1) is 6.92 Å². The Morgan fingerprint density at radius 3 is 2.50 bits per heavy atom. The molecule has 2 aromatic carbocycles. The summed E-state index contributed by atoms with van der Waals surface area (Å²) in [6.45, 7) is 1.96. The summed E-state index contributed by atoms with van der Waals surface area (Å²) < 4.78 is 0. The van der Waals surface area contributed by atoms with E-state index in [2.05, 4.69) is 10.5 Å². The fourth-order valence-corrected chi connectivity index (χ4v) is 1.65. The molecule has 100 valence electrons. The highest BCUT2D eigenvalue weighted by molar-refractivity contribution is 5.95. The quantitative estimate of drug-likeness (QED) is 0.525. The van der Waals surface area contributed by atoms with Gasteiger partial charge in [-0.25, -0.2) is 5.43 Å². The maximum atomic E-state index is 11.8. The van der Waals surface area contributed by atoms with Crippen molar-refractivity contribution in [2.75, 3.05) is 0 Å². The molecular formula is C16H14N2O2. The summed E-state index contributed by atoms with van der Waals surface area (Å²) in [6.07, 6.45) is 2.27. The SMILES string of the molecule is Cc1ccc(C(=O)N/N=C/c2cccc(C=O)c2)cc1. The van der Waals surface area contributed by atoms with Gasteiger partial charge in [-0.1, -0.05) is 35.9 Å². The molecule has 2 aromatic rings. The summed E-state index contributed by atoms with van der Waals surface area (Å²) in [5, 5.41) is 3.88. The second kappa shape index (κ2) is 6.43. The second-order valence-electron chi connectivity index (χ2n) is 4.35. The molecule has 4 heteroatoms. The lowest BCUT2D eigenvalue weighted by molar-refractivity contribution is 0.0955. The molecule has 0 atom stereocenters. The molecule has 0 bridgehead atoms. The monoisotopic (exact) mass is 266 g/mol. The summed E-state index contributed by atoms with van der Waals surface area (Å²) >= 11 is 0. The van der Waals surface area contributed by atoms with Gasteiger partial charge in [-0.3, -0.25) is 9.59 Å². The molecule has 1 amide bonds. The van der Waals surface area contributed by atoms with Crippen LogP contribution in [-0.2, 0) is 0 Å². The van der Waals surface area contributed by atoms with Crippen molar-refractivity contribution >= 4 is 18.4 Å². The van der Waals surface area contributed by atoms with E-state index in [9.17, 15) is 9.59 Å². The lowest BCUT2D eigenvalue weighted by Gasteiger charge is -2.00. The number of aldehydes is 1. The lowest BCUT2D eigenvalue weighted by atomic mass is 10.1. The number of amides is 1. The molecule has 0 aliphatic carbocycles. The molecule has 0 unspecified atom stereocenters. The van der Waals surface area contributed by atoms with Gasteiger partial charge in [0.2, 0.25) is 0 Å². The molecule has 0 aliphatic rings. The second-order valence-corrected chi connectivity index (χ2v) is 4.35. The summed E-state index contributed by atoms with van der Waals surface area (Å²) in [5.74, 6) is -0.271. The molecule has 0 radical (unpaired) electrons. The van der Waals surface area contributed by atoms with Gasteiger partial charge in [0.15, 0.2) is 0 Å². The number of hydrogen-bond acceptors (Lipinski definition) is 3. The van der Waals surface area contributed by atoms with Gasteiger partial charge in [0.05, 0.1) is 6.21 Å². The van der Waals surface area contributed by atoms with Crippen molar-refractivity contribution < 1.29 is 9.59 Å². The van der Waals surface area contributed by atoms with Gasteiger partial charge < -0.3 is 0 Å². The Morgan fingerprint density at radius 1 is 1.10 bits per heavy atom. The maximum absolute atomic E-state index is 11.8. The van der Waals surface area contributed by atoms with Crippen molar-refractivity contribution in [1.29, 1.82) is 0 Å². The zero-order chi connectivity index (χ0) is 14.4. The molecule has 0 aliphatic heterocycles. The molecule has 2 rings (SSSR count). The van der Waals surface area contributed by atoms with Crippen LogP contribution in [0.1, 0.15) is 31.8 Å². The van der Waals surface area contributed by atoms with E-state index in [1.807, 2.05) is 19.1 Å². The van der Waals surface area contributed by atoms with Gasteiger partial charge >= 0.3 is 0 Å². The predicted molar refractivity (Wildman–Crippen MR) is 78.1 cm³/mol. The molecule has 0 aromatic heterocycles. The number of carbonyl (C=O) groups excluding carboxylic acids is 2. The summed E-state index contributed by atoms with van der Waals surface area (Å²) in [7, 11) is 0. The van der Waals surface area contributed by atoms with Crippen LogP contribution in [0.3, 0.4) is 0 Å². The Balaban J connectivity index is 2.00. The highest BCUT2D eigenvalue weighted by Crippen LogP contribution is 2.03. The van der Waals surface area contributed by atoms with Crippen LogP contribution in [0.15, 0.2) is 53.6 Å². The fourth-order valence-electron chi connectivity index (χ4n) is 1.65. The van der Waals surface area contributed by atoms with Gasteiger partial charge in [0, 0.05) is 11.1 Å². The van der Waals surface area contributed by atoms with Gasteiger partial charge in [-0.05, 0) is 30.7 Å². The van der Waals surface area contributed by atoms with Crippen molar-refractivity contribution in [1.82, 2.24) is 5.43 Å². The molecule has 0 heterocycles. The Morgan fingerprint density at radius 2 is 1.80 bits per heavy atom.